The van der Waals surface area contributed by atoms with E-state index in [1.165, 1.54) is 95.5 Å². The monoisotopic (exact) mass is 383 g/mol. The second-order valence-electron chi connectivity index (χ2n) is 8.17. The molecule has 0 aromatic heterocycles. The van der Waals surface area contributed by atoms with Crippen LogP contribution in [0.4, 0.5) is 0 Å². The molecule has 1 aromatic rings. The lowest BCUT2D eigenvalue weighted by atomic mass is 10.1. The minimum Gasteiger partial charge on any atom is -0.402 e. The van der Waals surface area contributed by atoms with Gasteiger partial charge in [-0.15, -0.1) is 0 Å². The second-order valence-corrected chi connectivity index (χ2v) is 8.17. The fourth-order valence-electron chi connectivity index (χ4n) is 3.58. The maximum atomic E-state index is 6.13. The smallest absolute Gasteiger partial charge is 0.0118 e. The quantitative estimate of drug-likeness (QED) is 0.199. The third-order valence-electron chi connectivity index (χ3n) is 5.37. The van der Waals surface area contributed by atoms with Crippen LogP contribution in [0.3, 0.4) is 0 Å². The van der Waals surface area contributed by atoms with Crippen LogP contribution >= 0.6 is 0 Å². The highest BCUT2D eigenvalue weighted by molar-refractivity contribution is 5.20. The van der Waals surface area contributed by atoms with Crippen LogP contribution in [0.1, 0.15) is 109 Å². The summed E-state index contributed by atoms with van der Waals surface area (Å²) in [6.45, 7) is 2.28. The fourth-order valence-corrected chi connectivity index (χ4v) is 3.58. The molecule has 0 saturated heterocycles. The van der Waals surface area contributed by atoms with Gasteiger partial charge in [0.05, 0.1) is 0 Å². The standard InChI is InChI=1S/C27H45N/c1-2-3-4-5-6-7-8-9-10-11-12-13-14-15-16-17-21-24-27(28)25-26-22-19-18-20-23-26/h9-10,18-20,22-24H,2-8,11-17,21,25,28H2,1H3/b10-9-,27-24?. The van der Waals surface area contributed by atoms with Crippen LogP contribution in [0.5, 0.6) is 0 Å². The second kappa shape index (κ2) is 18.8. The Labute approximate surface area is 175 Å². The molecule has 0 bridgehead atoms. The van der Waals surface area contributed by atoms with Crippen molar-refractivity contribution in [1.82, 2.24) is 0 Å². The fraction of sp³-hybridized carbons (Fsp3) is 0.630. The van der Waals surface area contributed by atoms with Crippen molar-refractivity contribution in [2.24, 2.45) is 5.73 Å². The van der Waals surface area contributed by atoms with Crippen molar-refractivity contribution in [3.05, 3.63) is 59.8 Å². The molecule has 0 spiro atoms. The number of hydrogen-bond donors (Lipinski definition) is 1. The number of unbranched alkanes of at least 4 members (excludes halogenated alkanes) is 13. The first-order chi connectivity index (χ1) is 13.8. The summed E-state index contributed by atoms with van der Waals surface area (Å²) >= 11 is 0. The first kappa shape index (κ1) is 24.5. The van der Waals surface area contributed by atoms with E-state index in [1.54, 1.807) is 0 Å². The van der Waals surface area contributed by atoms with E-state index < -0.39 is 0 Å². The van der Waals surface area contributed by atoms with Crippen LogP contribution in [0.25, 0.3) is 0 Å². The number of rotatable bonds is 18. The number of nitrogens with two attached hydrogens (primary N) is 1. The Balaban J connectivity index is 1.84. The molecule has 0 aliphatic heterocycles. The van der Waals surface area contributed by atoms with Crippen molar-refractivity contribution in [1.29, 1.82) is 0 Å². The van der Waals surface area contributed by atoms with Crippen LogP contribution in [-0.4, -0.2) is 0 Å². The van der Waals surface area contributed by atoms with Gasteiger partial charge in [0.2, 0.25) is 0 Å². The largest absolute Gasteiger partial charge is 0.402 e. The molecule has 0 fully saturated rings. The van der Waals surface area contributed by atoms with E-state index in [0.29, 0.717) is 0 Å². The average molecular weight is 384 g/mol. The van der Waals surface area contributed by atoms with Crippen LogP contribution in [0, 0.1) is 0 Å². The normalized spacial score (nSPS) is 12.1. The maximum absolute atomic E-state index is 6.13. The Bertz CT molecular complexity index is 500. The molecule has 0 radical (unpaired) electrons. The molecule has 0 saturated carbocycles. The molecule has 158 valence electrons. The summed E-state index contributed by atoms with van der Waals surface area (Å²) in [5, 5.41) is 0. The molecule has 1 rings (SSSR count). The Hall–Kier alpha value is -1.50. The van der Waals surface area contributed by atoms with Crippen LogP contribution in [0.15, 0.2) is 54.3 Å². The van der Waals surface area contributed by atoms with Crippen molar-refractivity contribution < 1.29 is 0 Å². The van der Waals surface area contributed by atoms with Gasteiger partial charge in [-0.25, -0.2) is 0 Å². The Morgan fingerprint density at radius 2 is 1.18 bits per heavy atom. The van der Waals surface area contributed by atoms with Gasteiger partial charge in [0.25, 0.3) is 0 Å². The van der Waals surface area contributed by atoms with Crippen LogP contribution in [0.2, 0.25) is 0 Å². The molecule has 1 heteroatoms. The third kappa shape index (κ3) is 15.5. The SMILES string of the molecule is CCCCCCCC/C=C\CCCCCCCCC=C(N)Cc1ccccc1. The van der Waals surface area contributed by atoms with Gasteiger partial charge in [0, 0.05) is 12.1 Å². The molecular weight excluding hydrogens is 338 g/mol. The van der Waals surface area contributed by atoms with E-state index in [9.17, 15) is 0 Å². The molecule has 2 N–H and O–H groups in total. The zero-order valence-corrected chi connectivity index (χ0v) is 18.5. The van der Waals surface area contributed by atoms with Gasteiger partial charge in [0.15, 0.2) is 0 Å². The summed E-state index contributed by atoms with van der Waals surface area (Å²) in [7, 11) is 0. The van der Waals surface area contributed by atoms with E-state index in [-0.39, 0.29) is 0 Å². The van der Waals surface area contributed by atoms with Crippen molar-refractivity contribution in [2.45, 2.75) is 110 Å². The lowest BCUT2D eigenvalue weighted by Gasteiger charge is -2.03. The Morgan fingerprint density at radius 1 is 0.679 bits per heavy atom. The van der Waals surface area contributed by atoms with Crippen molar-refractivity contribution >= 4 is 0 Å². The molecule has 0 aliphatic rings. The van der Waals surface area contributed by atoms with Crippen molar-refractivity contribution in [3.8, 4) is 0 Å². The highest BCUT2D eigenvalue weighted by atomic mass is 14.6. The molecule has 0 amide bonds. The van der Waals surface area contributed by atoms with E-state index >= 15 is 0 Å². The van der Waals surface area contributed by atoms with Gasteiger partial charge in [-0.1, -0.05) is 113 Å². The summed E-state index contributed by atoms with van der Waals surface area (Å²) in [5.41, 5.74) is 8.44. The van der Waals surface area contributed by atoms with E-state index in [4.69, 9.17) is 5.73 Å². The Morgan fingerprint density at radius 3 is 1.75 bits per heavy atom. The maximum Gasteiger partial charge on any atom is 0.0118 e. The minimum absolute atomic E-state index is 0.882. The first-order valence-corrected chi connectivity index (χ1v) is 12.0. The summed E-state index contributed by atoms with van der Waals surface area (Å²) in [6.07, 6.45) is 28.1. The zero-order valence-electron chi connectivity index (χ0n) is 18.5. The van der Waals surface area contributed by atoms with Crippen molar-refractivity contribution in [3.63, 3.8) is 0 Å². The molecule has 0 heterocycles. The van der Waals surface area contributed by atoms with Gasteiger partial charge in [0.1, 0.15) is 0 Å². The highest BCUT2D eigenvalue weighted by Crippen LogP contribution is 2.11. The summed E-state index contributed by atoms with van der Waals surface area (Å²) in [5.74, 6) is 0. The third-order valence-corrected chi connectivity index (χ3v) is 5.37. The van der Waals surface area contributed by atoms with Gasteiger partial charge in [-0.05, 0) is 44.1 Å². The molecule has 0 unspecified atom stereocenters. The molecule has 0 atom stereocenters. The summed E-state index contributed by atoms with van der Waals surface area (Å²) in [6, 6.07) is 10.5. The zero-order chi connectivity index (χ0) is 20.1. The average Bonchev–Trinajstić information content (AvgIpc) is 2.71. The van der Waals surface area contributed by atoms with E-state index in [0.717, 1.165) is 18.5 Å². The topological polar surface area (TPSA) is 26.0 Å². The predicted molar refractivity (Wildman–Crippen MR) is 126 cm³/mol. The predicted octanol–water partition coefficient (Wildman–Crippen LogP) is 8.50. The van der Waals surface area contributed by atoms with Crippen LogP contribution in [-0.2, 0) is 6.42 Å². The Kier molecular flexibility index (Phi) is 16.5. The van der Waals surface area contributed by atoms with E-state index in [2.05, 4.69) is 55.5 Å². The van der Waals surface area contributed by atoms with Gasteiger partial charge < -0.3 is 5.73 Å². The number of benzene rings is 1. The minimum atomic E-state index is 0.882. The lowest BCUT2D eigenvalue weighted by molar-refractivity contribution is 0.598. The molecule has 1 aromatic carbocycles. The molecular formula is C27H45N. The number of hydrogen-bond acceptors (Lipinski definition) is 1. The highest BCUT2D eigenvalue weighted by Gasteiger charge is 1.95. The van der Waals surface area contributed by atoms with E-state index in [1.807, 2.05) is 0 Å². The summed E-state index contributed by atoms with van der Waals surface area (Å²) in [4.78, 5) is 0. The molecule has 1 nitrogen and oxygen atoms in total. The van der Waals surface area contributed by atoms with Gasteiger partial charge in [-0.3, -0.25) is 0 Å². The van der Waals surface area contributed by atoms with Gasteiger partial charge >= 0.3 is 0 Å². The van der Waals surface area contributed by atoms with Gasteiger partial charge in [-0.2, -0.15) is 0 Å². The molecule has 0 aliphatic carbocycles. The summed E-state index contributed by atoms with van der Waals surface area (Å²) < 4.78 is 0. The lowest BCUT2D eigenvalue weighted by Crippen LogP contribution is -2.01. The van der Waals surface area contributed by atoms with Crippen molar-refractivity contribution in [2.75, 3.05) is 0 Å². The number of allylic oxidation sites excluding steroid dienone is 4. The van der Waals surface area contributed by atoms with Crippen LogP contribution < -0.4 is 5.73 Å². The first-order valence-electron chi connectivity index (χ1n) is 12.0. The molecule has 28 heavy (non-hydrogen) atoms.